The Morgan fingerprint density at radius 3 is 2.69 bits per heavy atom. The fourth-order valence-corrected chi connectivity index (χ4v) is 1.75. The van der Waals surface area contributed by atoms with Crippen LogP contribution in [0.4, 0.5) is 0 Å². The van der Waals surface area contributed by atoms with Gasteiger partial charge in [-0.25, -0.2) is 0 Å². The Kier molecular flexibility index (Phi) is 3.01. The van der Waals surface area contributed by atoms with Crippen molar-refractivity contribution >= 4 is 0 Å². The maximum absolute atomic E-state index is 4.40. The van der Waals surface area contributed by atoms with E-state index in [9.17, 15) is 0 Å². The van der Waals surface area contributed by atoms with E-state index in [1.54, 1.807) is 4.68 Å². The summed E-state index contributed by atoms with van der Waals surface area (Å²) in [5.41, 5.74) is 3.20. The fraction of sp³-hybridized carbons (Fsp3) is 0.333. The first-order chi connectivity index (χ1) is 7.70. The number of pyridine rings is 1. The highest BCUT2D eigenvalue weighted by Gasteiger charge is 2.15. The van der Waals surface area contributed by atoms with Crippen molar-refractivity contribution in [3.63, 3.8) is 0 Å². The highest BCUT2D eigenvalue weighted by Crippen LogP contribution is 2.18. The molecule has 0 bridgehead atoms. The molecule has 4 nitrogen and oxygen atoms in total. The van der Waals surface area contributed by atoms with E-state index in [-0.39, 0.29) is 6.04 Å². The lowest BCUT2D eigenvalue weighted by Crippen LogP contribution is -2.19. The van der Waals surface area contributed by atoms with Gasteiger partial charge in [0.2, 0.25) is 0 Å². The summed E-state index contributed by atoms with van der Waals surface area (Å²) in [6.45, 7) is 2.07. The van der Waals surface area contributed by atoms with Crippen LogP contribution in [0.3, 0.4) is 0 Å². The van der Waals surface area contributed by atoms with Crippen LogP contribution in [0.25, 0.3) is 0 Å². The van der Waals surface area contributed by atoms with E-state index in [1.807, 2.05) is 38.6 Å². The Morgan fingerprint density at radius 2 is 2.12 bits per heavy atom. The first kappa shape index (κ1) is 10.8. The minimum Gasteiger partial charge on any atom is -0.307 e. The minimum atomic E-state index is 0.0566. The molecule has 2 heterocycles. The predicted molar refractivity (Wildman–Crippen MR) is 63.1 cm³/mol. The van der Waals surface area contributed by atoms with Crippen molar-refractivity contribution in [1.29, 1.82) is 0 Å². The van der Waals surface area contributed by atoms with Crippen molar-refractivity contribution < 1.29 is 0 Å². The second-order valence-electron chi connectivity index (χ2n) is 3.89. The average Bonchev–Trinajstić information content (AvgIpc) is 2.66. The normalized spacial score (nSPS) is 12.7. The summed E-state index contributed by atoms with van der Waals surface area (Å²) in [5.74, 6) is 0. The van der Waals surface area contributed by atoms with Gasteiger partial charge in [-0.3, -0.25) is 9.67 Å². The van der Waals surface area contributed by atoms with Gasteiger partial charge in [-0.1, -0.05) is 0 Å². The summed E-state index contributed by atoms with van der Waals surface area (Å²) in [4.78, 5) is 4.38. The molecule has 0 aliphatic carbocycles. The zero-order chi connectivity index (χ0) is 11.5. The van der Waals surface area contributed by atoms with Gasteiger partial charge in [0.05, 0.1) is 17.4 Å². The highest BCUT2D eigenvalue weighted by atomic mass is 15.3. The van der Waals surface area contributed by atoms with Crippen molar-refractivity contribution in [3.8, 4) is 0 Å². The molecular weight excluding hydrogens is 200 g/mol. The number of nitrogens with zero attached hydrogens (tertiary/aromatic N) is 3. The molecule has 4 heteroatoms. The number of nitrogens with one attached hydrogen (secondary N) is 1. The maximum Gasteiger partial charge on any atom is 0.0941 e. The molecule has 0 saturated heterocycles. The predicted octanol–water partition coefficient (Wildman–Crippen LogP) is 1.43. The lowest BCUT2D eigenvalue weighted by atomic mass is 10.1. The third-order valence-electron chi connectivity index (χ3n) is 2.55. The van der Waals surface area contributed by atoms with Crippen LogP contribution in [0.5, 0.6) is 0 Å². The van der Waals surface area contributed by atoms with Crippen LogP contribution in [0.15, 0.2) is 30.6 Å². The van der Waals surface area contributed by atoms with Crippen LogP contribution >= 0.6 is 0 Å². The second kappa shape index (κ2) is 4.45. The van der Waals surface area contributed by atoms with Crippen molar-refractivity contribution in [1.82, 2.24) is 20.1 Å². The first-order valence-electron chi connectivity index (χ1n) is 5.30. The zero-order valence-electron chi connectivity index (χ0n) is 9.81. The molecule has 0 radical (unpaired) electrons. The zero-order valence-corrected chi connectivity index (χ0v) is 9.81. The van der Waals surface area contributed by atoms with Gasteiger partial charge in [0, 0.05) is 19.4 Å². The quantitative estimate of drug-likeness (QED) is 0.844. The number of hydrogen-bond acceptors (Lipinski definition) is 3. The van der Waals surface area contributed by atoms with Crippen LogP contribution in [0.1, 0.15) is 23.0 Å². The molecule has 2 aromatic rings. The Balaban J connectivity index is 2.36. The minimum absolute atomic E-state index is 0.0566. The smallest absolute Gasteiger partial charge is 0.0941 e. The summed E-state index contributed by atoms with van der Waals surface area (Å²) < 4.78 is 1.80. The molecule has 84 valence electrons. The molecule has 1 atom stereocenters. The lowest BCUT2D eigenvalue weighted by Gasteiger charge is -2.13. The molecule has 16 heavy (non-hydrogen) atoms. The number of aromatic nitrogens is 3. The third kappa shape index (κ3) is 2.12. The summed E-state index contributed by atoms with van der Waals surface area (Å²) in [5, 5.41) is 7.64. The van der Waals surface area contributed by atoms with Crippen LogP contribution in [-0.2, 0) is 7.05 Å². The molecule has 1 N–H and O–H groups in total. The van der Waals surface area contributed by atoms with Gasteiger partial charge in [-0.05, 0) is 37.7 Å². The second-order valence-corrected chi connectivity index (χ2v) is 3.89. The van der Waals surface area contributed by atoms with E-state index in [2.05, 4.69) is 28.4 Å². The van der Waals surface area contributed by atoms with Crippen LogP contribution < -0.4 is 5.32 Å². The number of hydrogen-bond donors (Lipinski definition) is 1. The Morgan fingerprint density at radius 1 is 1.31 bits per heavy atom. The van der Waals surface area contributed by atoms with Gasteiger partial charge in [0.15, 0.2) is 0 Å². The number of aryl methyl sites for hydroxylation is 2. The highest BCUT2D eigenvalue weighted by molar-refractivity contribution is 5.24. The van der Waals surface area contributed by atoms with Crippen LogP contribution in [0.2, 0.25) is 0 Å². The molecule has 0 spiro atoms. The topological polar surface area (TPSA) is 42.7 Å². The molecule has 0 aliphatic rings. The van der Waals surface area contributed by atoms with E-state index in [4.69, 9.17) is 0 Å². The standard InChI is InChI=1S/C12H16N4/c1-9-4-6-14-11(8-9)12(13-2)10-5-7-16(3)15-10/h4-8,12-13H,1-3H3. The van der Waals surface area contributed by atoms with Crippen molar-refractivity contribution in [2.24, 2.45) is 7.05 Å². The van der Waals surface area contributed by atoms with Gasteiger partial charge in [0.25, 0.3) is 0 Å². The van der Waals surface area contributed by atoms with Crippen LogP contribution in [0, 0.1) is 6.92 Å². The van der Waals surface area contributed by atoms with Gasteiger partial charge in [-0.2, -0.15) is 5.10 Å². The van der Waals surface area contributed by atoms with Crippen LogP contribution in [-0.4, -0.2) is 21.8 Å². The monoisotopic (exact) mass is 216 g/mol. The third-order valence-corrected chi connectivity index (χ3v) is 2.55. The molecule has 0 saturated carbocycles. The summed E-state index contributed by atoms with van der Waals surface area (Å²) >= 11 is 0. The molecule has 1 unspecified atom stereocenters. The maximum atomic E-state index is 4.40. The molecule has 0 aromatic carbocycles. The van der Waals surface area contributed by atoms with E-state index < -0.39 is 0 Å². The number of rotatable bonds is 3. The van der Waals surface area contributed by atoms with Crippen molar-refractivity contribution in [3.05, 3.63) is 47.5 Å². The first-order valence-corrected chi connectivity index (χ1v) is 5.30. The van der Waals surface area contributed by atoms with Gasteiger partial charge < -0.3 is 5.32 Å². The Hall–Kier alpha value is -1.68. The van der Waals surface area contributed by atoms with E-state index in [1.165, 1.54) is 5.56 Å². The summed E-state index contributed by atoms with van der Waals surface area (Å²) in [6.07, 6.45) is 3.77. The van der Waals surface area contributed by atoms with Gasteiger partial charge in [-0.15, -0.1) is 0 Å². The fourth-order valence-electron chi connectivity index (χ4n) is 1.75. The summed E-state index contributed by atoms with van der Waals surface area (Å²) in [6, 6.07) is 6.14. The average molecular weight is 216 g/mol. The van der Waals surface area contributed by atoms with E-state index in [0.29, 0.717) is 0 Å². The molecule has 0 amide bonds. The van der Waals surface area contributed by atoms with Gasteiger partial charge in [0.1, 0.15) is 0 Å². The molecule has 2 rings (SSSR count). The SMILES string of the molecule is CNC(c1cc(C)ccn1)c1ccn(C)n1. The molecule has 2 aromatic heterocycles. The van der Waals surface area contributed by atoms with Crippen molar-refractivity contribution in [2.75, 3.05) is 7.05 Å². The largest absolute Gasteiger partial charge is 0.307 e. The molecular formula is C12H16N4. The molecule has 0 fully saturated rings. The molecule has 0 aliphatic heterocycles. The lowest BCUT2D eigenvalue weighted by molar-refractivity contribution is 0.627. The summed E-state index contributed by atoms with van der Waals surface area (Å²) in [7, 11) is 3.84. The van der Waals surface area contributed by atoms with Crippen molar-refractivity contribution in [2.45, 2.75) is 13.0 Å². The van der Waals surface area contributed by atoms with Gasteiger partial charge >= 0.3 is 0 Å². The van der Waals surface area contributed by atoms with E-state index >= 15 is 0 Å². The Labute approximate surface area is 95.3 Å². The Bertz CT molecular complexity index is 475. The van der Waals surface area contributed by atoms with E-state index in [0.717, 1.165) is 11.4 Å².